The number of likely N-dealkylation sites (N-methyl/N-ethyl adjacent to an activating group) is 1. The fourth-order valence-corrected chi connectivity index (χ4v) is 4.00. The summed E-state index contributed by atoms with van der Waals surface area (Å²) in [7, 11) is 1.87. The summed E-state index contributed by atoms with van der Waals surface area (Å²) < 4.78 is 0. The first-order valence-electron chi connectivity index (χ1n) is 8.65. The van der Waals surface area contributed by atoms with Gasteiger partial charge < -0.3 is 10.0 Å². The number of hydrogen-bond donors (Lipinski definition) is 1. The van der Waals surface area contributed by atoms with Gasteiger partial charge in [0.15, 0.2) is 0 Å². The van der Waals surface area contributed by atoms with Gasteiger partial charge in [-0.2, -0.15) is 0 Å². The molecule has 1 N–H and O–H groups in total. The largest absolute Gasteiger partial charge is 0.480 e. The average Bonchev–Trinajstić information content (AvgIpc) is 2.72. The lowest BCUT2D eigenvalue weighted by atomic mass is 10.0. The van der Waals surface area contributed by atoms with Gasteiger partial charge in [0.25, 0.3) is 0 Å². The summed E-state index contributed by atoms with van der Waals surface area (Å²) >= 11 is 0. The van der Waals surface area contributed by atoms with E-state index in [4.69, 9.17) is 5.11 Å². The number of hydrogen-bond acceptors (Lipinski definition) is 3. The Labute approximate surface area is 133 Å². The second kappa shape index (κ2) is 7.95. The van der Waals surface area contributed by atoms with E-state index in [0.29, 0.717) is 18.2 Å². The minimum atomic E-state index is -0.782. The molecule has 1 heterocycles. The summed E-state index contributed by atoms with van der Waals surface area (Å²) in [6, 6.07) is 0.278. The van der Waals surface area contributed by atoms with E-state index >= 15 is 0 Å². The van der Waals surface area contributed by atoms with Gasteiger partial charge in [0.1, 0.15) is 0 Å². The summed E-state index contributed by atoms with van der Waals surface area (Å²) in [5.41, 5.74) is 0. The second-order valence-corrected chi connectivity index (χ2v) is 7.26. The highest BCUT2D eigenvalue weighted by Gasteiger charge is 2.28. The van der Waals surface area contributed by atoms with Crippen molar-refractivity contribution in [2.75, 3.05) is 26.7 Å². The van der Waals surface area contributed by atoms with E-state index in [9.17, 15) is 9.59 Å². The lowest BCUT2D eigenvalue weighted by molar-refractivity contribution is -0.138. The van der Waals surface area contributed by atoms with Gasteiger partial charge in [0.05, 0.1) is 6.54 Å². The van der Waals surface area contributed by atoms with E-state index in [2.05, 4.69) is 6.92 Å². The van der Waals surface area contributed by atoms with Crippen molar-refractivity contribution < 1.29 is 14.7 Å². The molecule has 3 atom stereocenters. The lowest BCUT2D eigenvalue weighted by Crippen LogP contribution is -2.37. The summed E-state index contributed by atoms with van der Waals surface area (Å²) in [6.45, 7) is 3.96. The van der Waals surface area contributed by atoms with E-state index in [1.54, 1.807) is 0 Å². The molecule has 22 heavy (non-hydrogen) atoms. The van der Waals surface area contributed by atoms with Crippen LogP contribution >= 0.6 is 0 Å². The van der Waals surface area contributed by atoms with Gasteiger partial charge in [0, 0.05) is 25.6 Å². The van der Waals surface area contributed by atoms with Crippen LogP contribution in [-0.4, -0.2) is 59.5 Å². The molecule has 0 spiro atoms. The molecule has 2 fully saturated rings. The smallest absolute Gasteiger partial charge is 0.317 e. The molecule has 2 aliphatic rings. The SMILES string of the molecule is CC1CCC(CC(=O)N2CCCC(N(C)CC(=O)O)CC2)C1. The Bertz CT molecular complexity index is 399. The normalized spacial score (nSPS) is 29.6. The van der Waals surface area contributed by atoms with Crippen molar-refractivity contribution in [3.63, 3.8) is 0 Å². The van der Waals surface area contributed by atoms with Crippen molar-refractivity contribution in [2.45, 2.75) is 57.9 Å². The Morgan fingerprint density at radius 3 is 2.59 bits per heavy atom. The molecular formula is C17H30N2O3. The molecule has 2 rings (SSSR count). The molecule has 5 nitrogen and oxygen atoms in total. The van der Waals surface area contributed by atoms with Crippen molar-refractivity contribution in [3.05, 3.63) is 0 Å². The number of aliphatic carboxylic acids is 1. The van der Waals surface area contributed by atoms with Gasteiger partial charge in [-0.3, -0.25) is 14.5 Å². The van der Waals surface area contributed by atoms with Crippen LogP contribution in [0.15, 0.2) is 0 Å². The summed E-state index contributed by atoms with van der Waals surface area (Å²) in [5, 5.41) is 8.90. The van der Waals surface area contributed by atoms with Gasteiger partial charge in [-0.05, 0) is 51.0 Å². The maximum atomic E-state index is 12.5. The minimum absolute atomic E-state index is 0.0819. The fourth-order valence-electron chi connectivity index (χ4n) is 4.00. The zero-order valence-electron chi connectivity index (χ0n) is 14.0. The quantitative estimate of drug-likeness (QED) is 0.846. The highest BCUT2D eigenvalue weighted by atomic mass is 16.4. The Hall–Kier alpha value is -1.10. The molecule has 1 aliphatic carbocycles. The maximum absolute atomic E-state index is 12.5. The van der Waals surface area contributed by atoms with Crippen molar-refractivity contribution in [1.82, 2.24) is 9.80 Å². The van der Waals surface area contributed by atoms with Gasteiger partial charge in [-0.1, -0.05) is 13.3 Å². The lowest BCUT2D eigenvalue weighted by Gasteiger charge is -2.26. The number of amides is 1. The van der Waals surface area contributed by atoms with Gasteiger partial charge in [-0.25, -0.2) is 0 Å². The molecular weight excluding hydrogens is 280 g/mol. The van der Waals surface area contributed by atoms with Gasteiger partial charge in [-0.15, -0.1) is 0 Å². The first kappa shape index (κ1) is 17.3. The molecule has 0 aromatic rings. The molecule has 1 saturated carbocycles. The molecule has 1 aliphatic heterocycles. The maximum Gasteiger partial charge on any atom is 0.317 e. The van der Waals surface area contributed by atoms with E-state index in [1.165, 1.54) is 19.3 Å². The number of carbonyl (C=O) groups is 2. The number of likely N-dealkylation sites (tertiary alicyclic amines) is 1. The number of carboxylic acids is 1. The Kier molecular flexibility index (Phi) is 6.24. The van der Waals surface area contributed by atoms with E-state index in [0.717, 1.165) is 38.3 Å². The van der Waals surface area contributed by atoms with Crippen LogP contribution in [0.1, 0.15) is 51.9 Å². The predicted molar refractivity (Wildman–Crippen MR) is 85.6 cm³/mol. The summed E-state index contributed by atoms with van der Waals surface area (Å²) in [4.78, 5) is 27.2. The first-order valence-corrected chi connectivity index (χ1v) is 8.65. The van der Waals surface area contributed by atoms with Crippen LogP contribution in [-0.2, 0) is 9.59 Å². The van der Waals surface area contributed by atoms with Gasteiger partial charge in [0.2, 0.25) is 5.91 Å². The monoisotopic (exact) mass is 310 g/mol. The fraction of sp³-hybridized carbons (Fsp3) is 0.882. The molecule has 3 unspecified atom stereocenters. The minimum Gasteiger partial charge on any atom is -0.480 e. The number of carbonyl (C=O) groups excluding carboxylic acids is 1. The number of carboxylic acid groups (broad SMARTS) is 1. The third-order valence-electron chi connectivity index (χ3n) is 5.33. The van der Waals surface area contributed by atoms with Crippen molar-refractivity contribution >= 4 is 11.9 Å². The van der Waals surface area contributed by atoms with Crippen molar-refractivity contribution in [1.29, 1.82) is 0 Å². The Balaban J connectivity index is 1.79. The van der Waals surface area contributed by atoms with Crippen LogP contribution in [0.4, 0.5) is 0 Å². The van der Waals surface area contributed by atoms with Crippen LogP contribution in [0.2, 0.25) is 0 Å². The second-order valence-electron chi connectivity index (χ2n) is 7.26. The van der Waals surface area contributed by atoms with Gasteiger partial charge >= 0.3 is 5.97 Å². The Morgan fingerprint density at radius 2 is 1.95 bits per heavy atom. The molecule has 0 aromatic carbocycles. The summed E-state index contributed by atoms with van der Waals surface area (Å²) in [5.74, 6) is 0.878. The van der Waals surface area contributed by atoms with Crippen LogP contribution in [0.5, 0.6) is 0 Å². The van der Waals surface area contributed by atoms with Crippen LogP contribution in [0.3, 0.4) is 0 Å². The van der Waals surface area contributed by atoms with Crippen molar-refractivity contribution in [2.24, 2.45) is 11.8 Å². The third kappa shape index (κ3) is 4.97. The van der Waals surface area contributed by atoms with Crippen molar-refractivity contribution in [3.8, 4) is 0 Å². The molecule has 0 aromatic heterocycles. The number of rotatable bonds is 5. The van der Waals surface area contributed by atoms with E-state index in [-0.39, 0.29) is 12.6 Å². The Morgan fingerprint density at radius 1 is 1.18 bits per heavy atom. The van der Waals surface area contributed by atoms with Crippen LogP contribution in [0.25, 0.3) is 0 Å². The predicted octanol–water partition coefficient (Wildman–Crippen LogP) is 2.21. The highest BCUT2D eigenvalue weighted by molar-refractivity contribution is 5.76. The zero-order chi connectivity index (χ0) is 16.1. The molecule has 5 heteroatoms. The molecule has 1 amide bonds. The standard InChI is InChI=1S/C17H30N2O3/c1-13-5-6-14(10-13)11-16(20)19-8-3-4-15(7-9-19)18(2)12-17(21)22/h13-15H,3-12H2,1-2H3,(H,21,22). The molecule has 0 bridgehead atoms. The van der Waals surface area contributed by atoms with Crippen LogP contribution in [0, 0.1) is 11.8 Å². The highest BCUT2D eigenvalue weighted by Crippen LogP contribution is 2.33. The van der Waals surface area contributed by atoms with E-state index < -0.39 is 5.97 Å². The summed E-state index contributed by atoms with van der Waals surface area (Å²) in [6.07, 6.45) is 7.21. The number of nitrogens with zero attached hydrogens (tertiary/aromatic N) is 2. The zero-order valence-corrected chi connectivity index (χ0v) is 14.0. The third-order valence-corrected chi connectivity index (χ3v) is 5.33. The molecule has 126 valence electrons. The average molecular weight is 310 g/mol. The van der Waals surface area contributed by atoms with Crippen LogP contribution < -0.4 is 0 Å². The molecule has 0 radical (unpaired) electrons. The topological polar surface area (TPSA) is 60.9 Å². The first-order chi connectivity index (χ1) is 10.5. The van der Waals surface area contributed by atoms with E-state index in [1.807, 2.05) is 16.8 Å². The molecule has 1 saturated heterocycles.